The molecule has 114 valence electrons. The maximum absolute atomic E-state index is 12.1. The highest BCUT2D eigenvalue weighted by Gasteiger charge is 2.44. The molecule has 5 nitrogen and oxygen atoms in total. The van der Waals surface area contributed by atoms with Crippen molar-refractivity contribution in [3.05, 3.63) is 0 Å². The molecule has 0 aromatic rings. The van der Waals surface area contributed by atoms with E-state index in [1.807, 2.05) is 13.8 Å². The van der Waals surface area contributed by atoms with Crippen molar-refractivity contribution in [1.29, 1.82) is 0 Å². The lowest BCUT2D eigenvalue weighted by atomic mass is 9.69. The Morgan fingerprint density at radius 3 is 2.20 bits per heavy atom. The molecule has 0 amide bonds. The Hall–Kier alpha value is -1.10. The lowest BCUT2D eigenvalue weighted by molar-refractivity contribution is -0.158. The maximum atomic E-state index is 12.1. The van der Waals surface area contributed by atoms with Gasteiger partial charge in [-0.05, 0) is 38.5 Å². The summed E-state index contributed by atoms with van der Waals surface area (Å²) in [6, 6.07) is 0. The van der Waals surface area contributed by atoms with E-state index in [1.165, 1.54) is 6.42 Å². The number of fused-ring (bicyclic) bond motifs is 2. The summed E-state index contributed by atoms with van der Waals surface area (Å²) in [7, 11) is 0. The first-order valence-electron chi connectivity index (χ1n) is 7.70. The van der Waals surface area contributed by atoms with Gasteiger partial charge in [0.15, 0.2) is 0 Å². The molecule has 0 aromatic heterocycles. The number of ether oxygens (including phenoxy) is 2. The van der Waals surface area contributed by atoms with E-state index in [9.17, 15) is 9.59 Å². The molecule has 1 saturated carbocycles. The summed E-state index contributed by atoms with van der Waals surface area (Å²) >= 11 is 0. The van der Waals surface area contributed by atoms with Crippen LogP contribution in [0.25, 0.3) is 0 Å². The number of carbonyl (C=O) groups excluding carboxylic acids is 2. The number of hydrogen-bond donors (Lipinski definition) is 0. The Labute approximate surface area is 120 Å². The lowest BCUT2D eigenvalue weighted by Crippen LogP contribution is -2.52. The number of esters is 2. The zero-order chi connectivity index (χ0) is 14.5. The molecule has 0 N–H and O–H groups in total. The molecule has 2 rings (SSSR count). The third-order valence-electron chi connectivity index (χ3n) is 4.37. The first kappa shape index (κ1) is 15.3. The summed E-state index contributed by atoms with van der Waals surface area (Å²) in [6.07, 6.45) is 3.29. The van der Waals surface area contributed by atoms with Gasteiger partial charge in [0.05, 0.1) is 25.7 Å². The number of rotatable bonds is 5. The normalized spacial score (nSPS) is 29.8. The molecular weight excluding hydrogens is 258 g/mol. The Balaban J connectivity index is 1.96. The summed E-state index contributed by atoms with van der Waals surface area (Å²) < 4.78 is 10.2. The van der Waals surface area contributed by atoms with Crippen molar-refractivity contribution in [3.63, 3.8) is 0 Å². The van der Waals surface area contributed by atoms with E-state index >= 15 is 0 Å². The Morgan fingerprint density at radius 1 is 1.05 bits per heavy atom. The van der Waals surface area contributed by atoms with Crippen molar-refractivity contribution in [1.82, 2.24) is 4.90 Å². The molecular formula is C15H25NO4. The third kappa shape index (κ3) is 3.51. The van der Waals surface area contributed by atoms with Gasteiger partial charge in [0.25, 0.3) is 0 Å². The van der Waals surface area contributed by atoms with Crippen molar-refractivity contribution in [2.75, 3.05) is 32.8 Å². The Morgan fingerprint density at radius 2 is 1.65 bits per heavy atom. The fraction of sp³-hybridized carbons (Fsp3) is 0.867. The van der Waals surface area contributed by atoms with Crippen LogP contribution in [0.15, 0.2) is 0 Å². The summed E-state index contributed by atoms with van der Waals surface area (Å²) in [5, 5.41) is 0. The van der Waals surface area contributed by atoms with Gasteiger partial charge in [-0.2, -0.15) is 0 Å². The molecule has 0 aromatic carbocycles. The first-order chi connectivity index (χ1) is 9.65. The van der Waals surface area contributed by atoms with E-state index in [0.29, 0.717) is 31.6 Å². The van der Waals surface area contributed by atoms with Crippen LogP contribution in [0.3, 0.4) is 0 Å². The second-order valence-electron chi connectivity index (χ2n) is 5.73. The molecule has 5 heteroatoms. The van der Waals surface area contributed by atoms with Crippen molar-refractivity contribution in [2.45, 2.75) is 33.1 Å². The van der Waals surface area contributed by atoms with Gasteiger partial charge in [-0.3, -0.25) is 14.5 Å². The highest BCUT2D eigenvalue weighted by molar-refractivity contribution is 5.74. The largest absolute Gasteiger partial charge is 0.466 e. The van der Waals surface area contributed by atoms with E-state index < -0.39 is 0 Å². The summed E-state index contributed by atoms with van der Waals surface area (Å²) in [4.78, 5) is 25.8. The zero-order valence-electron chi connectivity index (χ0n) is 12.5. The molecule has 0 spiro atoms. The van der Waals surface area contributed by atoms with Gasteiger partial charge >= 0.3 is 11.9 Å². The molecule has 20 heavy (non-hydrogen) atoms. The quantitative estimate of drug-likeness (QED) is 0.715. The molecule has 1 aliphatic heterocycles. The Kier molecular flexibility index (Phi) is 5.40. The van der Waals surface area contributed by atoms with Gasteiger partial charge in [0.1, 0.15) is 0 Å². The molecule has 1 heterocycles. The molecule has 0 radical (unpaired) electrons. The van der Waals surface area contributed by atoms with Crippen LogP contribution in [-0.4, -0.2) is 49.7 Å². The minimum atomic E-state index is -0.167. The van der Waals surface area contributed by atoms with E-state index in [-0.39, 0.29) is 17.9 Å². The SMILES string of the molecule is CCOC(=O)CN1C[C@H]2CCC[C@@H](C1)C2C(=O)OCC. The second-order valence-corrected chi connectivity index (χ2v) is 5.73. The van der Waals surface area contributed by atoms with Crippen LogP contribution in [-0.2, 0) is 19.1 Å². The number of carbonyl (C=O) groups is 2. The predicted octanol–water partition coefficient (Wildman–Crippen LogP) is 1.46. The number of piperidine rings is 1. The minimum Gasteiger partial charge on any atom is -0.466 e. The van der Waals surface area contributed by atoms with E-state index in [4.69, 9.17) is 9.47 Å². The molecule has 2 aliphatic rings. The average Bonchev–Trinajstić information content (AvgIpc) is 2.38. The number of hydrogen-bond acceptors (Lipinski definition) is 5. The molecule has 3 atom stereocenters. The smallest absolute Gasteiger partial charge is 0.320 e. The van der Waals surface area contributed by atoms with Crippen LogP contribution in [0.5, 0.6) is 0 Å². The van der Waals surface area contributed by atoms with Crippen LogP contribution in [0.2, 0.25) is 0 Å². The average molecular weight is 283 g/mol. The van der Waals surface area contributed by atoms with E-state index in [1.54, 1.807) is 0 Å². The van der Waals surface area contributed by atoms with Crippen LogP contribution < -0.4 is 0 Å². The molecule has 1 saturated heterocycles. The standard InChI is InChI=1S/C15H25NO4/c1-3-19-13(17)10-16-8-11-6-5-7-12(9-16)14(11)15(18)20-4-2/h11-12,14H,3-10H2,1-2H3/t11-,12+,14?. The van der Waals surface area contributed by atoms with Gasteiger partial charge in [-0.15, -0.1) is 0 Å². The summed E-state index contributed by atoms with van der Waals surface area (Å²) in [6.45, 7) is 6.49. The summed E-state index contributed by atoms with van der Waals surface area (Å²) in [5.41, 5.74) is 0. The van der Waals surface area contributed by atoms with Gasteiger partial charge in [0, 0.05) is 13.1 Å². The van der Waals surface area contributed by atoms with Crippen molar-refractivity contribution >= 4 is 11.9 Å². The summed E-state index contributed by atoms with van der Waals surface area (Å²) in [5.74, 6) is 0.479. The molecule has 2 bridgehead atoms. The number of nitrogens with zero attached hydrogens (tertiary/aromatic N) is 1. The van der Waals surface area contributed by atoms with Gasteiger partial charge in [0.2, 0.25) is 0 Å². The molecule has 1 unspecified atom stereocenters. The minimum absolute atomic E-state index is 0.0298. The van der Waals surface area contributed by atoms with Crippen LogP contribution in [0.4, 0.5) is 0 Å². The van der Waals surface area contributed by atoms with Gasteiger partial charge < -0.3 is 9.47 Å². The van der Waals surface area contributed by atoms with E-state index in [0.717, 1.165) is 25.9 Å². The Bertz CT molecular complexity index is 344. The van der Waals surface area contributed by atoms with Crippen molar-refractivity contribution < 1.29 is 19.1 Å². The van der Waals surface area contributed by atoms with Gasteiger partial charge in [-0.25, -0.2) is 0 Å². The fourth-order valence-electron chi connectivity index (χ4n) is 3.68. The molecule has 1 aliphatic carbocycles. The maximum Gasteiger partial charge on any atom is 0.320 e. The van der Waals surface area contributed by atoms with Crippen LogP contribution >= 0.6 is 0 Å². The predicted molar refractivity (Wildman–Crippen MR) is 74.0 cm³/mol. The van der Waals surface area contributed by atoms with Crippen molar-refractivity contribution in [3.8, 4) is 0 Å². The fourth-order valence-corrected chi connectivity index (χ4v) is 3.68. The van der Waals surface area contributed by atoms with Gasteiger partial charge in [-0.1, -0.05) is 6.42 Å². The third-order valence-corrected chi connectivity index (χ3v) is 4.37. The van der Waals surface area contributed by atoms with Crippen LogP contribution in [0, 0.1) is 17.8 Å². The lowest BCUT2D eigenvalue weighted by Gasteiger charge is -2.45. The topological polar surface area (TPSA) is 55.8 Å². The van der Waals surface area contributed by atoms with Crippen molar-refractivity contribution in [2.24, 2.45) is 17.8 Å². The first-order valence-corrected chi connectivity index (χ1v) is 7.70. The monoisotopic (exact) mass is 283 g/mol. The highest BCUT2D eigenvalue weighted by atomic mass is 16.5. The number of likely N-dealkylation sites (tertiary alicyclic amines) is 1. The zero-order valence-corrected chi connectivity index (χ0v) is 12.5. The molecule has 2 fully saturated rings. The van der Waals surface area contributed by atoms with E-state index in [2.05, 4.69) is 4.90 Å². The second kappa shape index (κ2) is 7.07. The van der Waals surface area contributed by atoms with Crippen LogP contribution in [0.1, 0.15) is 33.1 Å². The highest BCUT2D eigenvalue weighted by Crippen LogP contribution is 2.40.